The quantitative estimate of drug-likeness (QED) is 0.474. The molecule has 1 aliphatic carbocycles. The van der Waals surface area contributed by atoms with E-state index >= 15 is 0 Å². The third kappa shape index (κ3) is 4.22. The summed E-state index contributed by atoms with van der Waals surface area (Å²) in [6, 6.07) is 14.1. The second-order valence-electron chi connectivity index (χ2n) is 9.64. The van der Waals surface area contributed by atoms with Gasteiger partial charge in [-0.25, -0.2) is 4.68 Å². The predicted molar refractivity (Wildman–Crippen MR) is 131 cm³/mol. The third-order valence-corrected chi connectivity index (χ3v) is 6.78. The summed E-state index contributed by atoms with van der Waals surface area (Å²) in [5.41, 5.74) is 5.10. The Kier molecular flexibility index (Phi) is 5.60. The van der Waals surface area contributed by atoms with Crippen LogP contribution in [0.5, 0.6) is 5.75 Å². The summed E-state index contributed by atoms with van der Waals surface area (Å²) in [5, 5.41) is 7.76. The van der Waals surface area contributed by atoms with E-state index < -0.39 is 0 Å². The Labute approximate surface area is 202 Å². The molecule has 170 valence electrons. The zero-order valence-corrected chi connectivity index (χ0v) is 20.6. The van der Waals surface area contributed by atoms with Crippen LogP contribution in [0.3, 0.4) is 0 Å². The van der Waals surface area contributed by atoms with E-state index in [4.69, 9.17) is 4.74 Å². The third-order valence-electron chi connectivity index (χ3n) is 6.29. The van der Waals surface area contributed by atoms with E-state index in [-0.39, 0.29) is 17.2 Å². The number of allylic oxidation sites excluding steroid dienone is 2. The van der Waals surface area contributed by atoms with Gasteiger partial charge in [-0.15, -0.1) is 0 Å². The van der Waals surface area contributed by atoms with Crippen molar-refractivity contribution in [3.8, 4) is 5.75 Å². The summed E-state index contributed by atoms with van der Waals surface area (Å²) >= 11 is 3.60. The van der Waals surface area contributed by atoms with Crippen LogP contribution in [-0.2, 0) is 16.8 Å². The van der Waals surface area contributed by atoms with Gasteiger partial charge in [0.15, 0.2) is 5.78 Å². The van der Waals surface area contributed by atoms with Crippen molar-refractivity contribution < 1.29 is 9.53 Å². The molecule has 1 unspecified atom stereocenters. The first-order valence-electron chi connectivity index (χ1n) is 11.3. The number of rotatable bonds is 4. The molecule has 0 saturated heterocycles. The van der Waals surface area contributed by atoms with E-state index in [2.05, 4.69) is 76.4 Å². The molecule has 5 rings (SSSR count). The number of carbonyl (C=O) groups is 1. The second kappa shape index (κ2) is 8.45. The molecule has 0 amide bonds. The summed E-state index contributed by atoms with van der Waals surface area (Å²) < 4.78 is 9.03. The lowest BCUT2D eigenvalue weighted by atomic mass is 9.85. The molecular formula is C26H27BrN4O2. The van der Waals surface area contributed by atoms with Gasteiger partial charge < -0.3 is 10.1 Å². The van der Waals surface area contributed by atoms with Gasteiger partial charge in [0.05, 0.1) is 0 Å². The number of Topliss-reactive ketones (excluding diaryl/α,β-unsaturated/α-hetero) is 1. The zero-order valence-electron chi connectivity index (χ0n) is 19.1. The van der Waals surface area contributed by atoms with E-state index in [1.54, 1.807) is 4.68 Å². The van der Waals surface area contributed by atoms with Gasteiger partial charge in [-0.3, -0.25) is 4.79 Å². The molecule has 1 aliphatic heterocycles. The fraction of sp³-hybridized carbons (Fsp3) is 0.346. The van der Waals surface area contributed by atoms with Crippen molar-refractivity contribution in [3.63, 3.8) is 0 Å². The molecule has 2 aromatic carbocycles. The van der Waals surface area contributed by atoms with Crippen LogP contribution < -0.4 is 10.1 Å². The number of halogens is 1. The Hall–Kier alpha value is -2.93. The highest BCUT2D eigenvalue weighted by Crippen LogP contribution is 2.43. The number of nitrogens with one attached hydrogen (secondary N) is 1. The van der Waals surface area contributed by atoms with Gasteiger partial charge in [-0.05, 0) is 47.6 Å². The van der Waals surface area contributed by atoms with Crippen LogP contribution in [-0.4, -0.2) is 20.5 Å². The Bertz CT molecular complexity index is 1240. The van der Waals surface area contributed by atoms with Crippen LogP contribution in [0.4, 0.5) is 5.95 Å². The Morgan fingerprint density at radius 1 is 1.15 bits per heavy atom. The van der Waals surface area contributed by atoms with E-state index in [9.17, 15) is 4.79 Å². The highest BCUT2D eigenvalue weighted by molar-refractivity contribution is 9.10. The maximum Gasteiger partial charge on any atom is 0.226 e. The van der Waals surface area contributed by atoms with Crippen molar-refractivity contribution in [1.29, 1.82) is 0 Å². The first kappa shape index (κ1) is 21.9. The van der Waals surface area contributed by atoms with Gasteiger partial charge >= 0.3 is 0 Å². The smallest absolute Gasteiger partial charge is 0.226 e. The topological polar surface area (TPSA) is 69.0 Å². The summed E-state index contributed by atoms with van der Waals surface area (Å²) in [6.45, 7) is 7.06. The number of hydrogen-bond acceptors (Lipinski definition) is 5. The zero-order chi connectivity index (χ0) is 23.2. The standard InChI is InChI=1S/C26H27BrN4O2/c1-26(2,3)17-9-7-16(8-10-17)14-33-22-12-11-18(27)13-19(22)24-23-20(5-4-6-21(23)32)30-25-28-15-29-31(24)25/h7-13,15,24H,4-6,14H2,1-3H3,(H,28,29,30). The van der Waals surface area contributed by atoms with Gasteiger partial charge in [0, 0.05) is 27.7 Å². The first-order valence-corrected chi connectivity index (χ1v) is 12.0. The van der Waals surface area contributed by atoms with Gasteiger partial charge in [0.1, 0.15) is 24.7 Å². The molecule has 0 spiro atoms. The fourth-order valence-corrected chi connectivity index (χ4v) is 4.89. The minimum Gasteiger partial charge on any atom is -0.489 e. The molecule has 2 heterocycles. The minimum atomic E-state index is -0.373. The summed E-state index contributed by atoms with van der Waals surface area (Å²) in [5.74, 6) is 1.53. The summed E-state index contributed by atoms with van der Waals surface area (Å²) in [6.07, 6.45) is 3.74. The molecule has 1 atom stereocenters. The van der Waals surface area contributed by atoms with Crippen LogP contribution in [0.1, 0.15) is 62.8 Å². The Morgan fingerprint density at radius 3 is 2.70 bits per heavy atom. The van der Waals surface area contributed by atoms with Gasteiger partial charge in [-0.2, -0.15) is 10.1 Å². The number of ketones is 1. The molecule has 0 fully saturated rings. The maximum atomic E-state index is 13.0. The lowest BCUT2D eigenvalue weighted by Crippen LogP contribution is -2.31. The molecule has 3 aromatic rings. The van der Waals surface area contributed by atoms with Crippen LogP contribution in [0.2, 0.25) is 0 Å². The van der Waals surface area contributed by atoms with Crippen LogP contribution >= 0.6 is 15.9 Å². The number of aromatic nitrogens is 3. The highest BCUT2D eigenvalue weighted by atomic mass is 79.9. The highest BCUT2D eigenvalue weighted by Gasteiger charge is 2.37. The van der Waals surface area contributed by atoms with Crippen molar-refractivity contribution in [2.75, 3.05) is 5.32 Å². The minimum absolute atomic E-state index is 0.112. The van der Waals surface area contributed by atoms with Crippen molar-refractivity contribution >= 4 is 27.7 Å². The molecule has 1 aromatic heterocycles. The van der Waals surface area contributed by atoms with E-state index in [1.807, 2.05) is 18.2 Å². The number of nitrogens with zero attached hydrogens (tertiary/aromatic N) is 3. The number of anilines is 1. The lowest BCUT2D eigenvalue weighted by molar-refractivity contribution is -0.116. The molecule has 1 N–H and O–H groups in total. The van der Waals surface area contributed by atoms with Crippen molar-refractivity contribution in [2.24, 2.45) is 0 Å². The number of benzene rings is 2. The van der Waals surface area contributed by atoms with E-state index in [0.29, 0.717) is 19.0 Å². The van der Waals surface area contributed by atoms with E-state index in [1.165, 1.54) is 11.9 Å². The monoisotopic (exact) mass is 506 g/mol. The van der Waals surface area contributed by atoms with Crippen LogP contribution in [0, 0.1) is 0 Å². The number of fused-ring (bicyclic) bond motifs is 1. The Morgan fingerprint density at radius 2 is 1.94 bits per heavy atom. The molecular weight excluding hydrogens is 480 g/mol. The molecule has 0 bridgehead atoms. The molecule has 0 saturated carbocycles. The molecule has 33 heavy (non-hydrogen) atoms. The average Bonchev–Trinajstić information content (AvgIpc) is 3.25. The maximum absolute atomic E-state index is 13.0. The lowest BCUT2D eigenvalue weighted by Gasteiger charge is -2.33. The molecule has 7 heteroatoms. The first-order chi connectivity index (χ1) is 15.8. The fourth-order valence-electron chi connectivity index (χ4n) is 4.51. The predicted octanol–water partition coefficient (Wildman–Crippen LogP) is 5.94. The van der Waals surface area contributed by atoms with Crippen LogP contribution in [0.15, 0.2) is 64.5 Å². The largest absolute Gasteiger partial charge is 0.489 e. The van der Waals surface area contributed by atoms with Crippen LogP contribution in [0.25, 0.3) is 0 Å². The second-order valence-corrected chi connectivity index (χ2v) is 10.6. The summed E-state index contributed by atoms with van der Waals surface area (Å²) in [4.78, 5) is 17.4. The number of ether oxygens (including phenoxy) is 1. The molecule has 0 radical (unpaired) electrons. The normalized spacial score (nSPS) is 17.9. The SMILES string of the molecule is CC(C)(C)c1ccc(COc2ccc(Br)cc2C2C3=C(CCCC3=O)Nc3ncnn32)cc1. The van der Waals surface area contributed by atoms with Gasteiger partial charge in [0.2, 0.25) is 5.95 Å². The number of carbonyl (C=O) groups excluding carboxylic acids is 1. The van der Waals surface area contributed by atoms with Gasteiger partial charge in [0.25, 0.3) is 0 Å². The average molecular weight is 507 g/mol. The van der Waals surface area contributed by atoms with Crippen molar-refractivity contribution in [2.45, 2.75) is 58.1 Å². The van der Waals surface area contributed by atoms with Gasteiger partial charge in [-0.1, -0.05) is 61.0 Å². The van der Waals surface area contributed by atoms with E-state index in [0.717, 1.165) is 45.5 Å². The molecule has 2 aliphatic rings. The van der Waals surface area contributed by atoms with Crippen molar-refractivity contribution in [1.82, 2.24) is 14.8 Å². The number of hydrogen-bond donors (Lipinski definition) is 1. The van der Waals surface area contributed by atoms with Crippen molar-refractivity contribution in [3.05, 3.63) is 81.2 Å². The molecule has 6 nitrogen and oxygen atoms in total. The Balaban J connectivity index is 1.50. The summed E-state index contributed by atoms with van der Waals surface area (Å²) in [7, 11) is 0.